The molecule has 0 aromatic rings. The molecule has 0 aliphatic carbocycles. The number of carbonyl (C=O) groups excluding carboxylic acids is 1. The quantitative estimate of drug-likeness (QED) is 0.677. The molecule has 2 rings (SSSR count). The largest absolute Gasteiger partial charge is 0.394 e. The Morgan fingerprint density at radius 3 is 3.07 bits per heavy atom. The lowest BCUT2D eigenvalue weighted by Gasteiger charge is -2.24. The van der Waals surface area contributed by atoms with Crippen molar-refractivity contribution in [2.24, 2.45) is 0 Å². The highest BCUT2D eigenvalue weighted by Gasteiger charge is 2.29. The highest BCUT2D eigenvalue weighted by molar-refractivity contribution is 5.75. The second-order valence-corrected chi connectivity index (χ2v) is 4.18. The van der Waals surface area contributed by atoms with E-state index in [0.29, 0.717) is 6.61 Å². The average Bonchev–Trinajstić information content (AvgIpc) is 2.86. The van der Waals surface area contributed by atoms with Crippen LogP contribution in [0.2, 0.25) is 0 Å². The Labute approximate surface area is 89.4 Å². The predicted molar refractivity (Wildman–Crippen MR) is 54.6 cm³/mol. The van der Waals surface area contributed by atoms with Crippen LogP contribution in [0.15, 0.2) is 0 Å². The van der Waals surface area contributed by atoms with E-state index in [1.807, 2.05) is 0 Å². The van der Waals surface area contributed by atoms with Gasteiger partial charge in [-0.3, -0.25) is 0 Å². The van der Waals surface area contributed by atoms with Crippen LogP contribution in [-0.2, 0) is 4.74 Å². The molecule has 2 atom stereocenters. The molecule has 0 bridgehead atoms. The van der Waals surface area contributed by atoms with Crippen LogP contribution in [-0.4, -0.2) is 54.5 Å². The zero-order valence-corrected chi connectivity index (χ0v) is 8.82. The molecule has 2 aliphatic rings. The van der Waals surface area contributed by atoms with E-state index in [1.165, 1.54) is 0 Å². The molecule has 2 fully saturated rings. The highest BCUT2D eigenvalue weighted by atomic mass is 16.5. The van der Waals surface area contributed by atoms with Crippen LogP contribution >= 0.6 is 0 Å². The van der Waals surface area contributed by atoms with Crippen molar-refractivity contribution in [3.8, 4) is 0 Å². The number of carbonyl (C=O) groups is 1. The molecule has 0 radical (unpaired) electrons. The molecule has 2 N–H and O–H groups in total. The first-order valence-electron chi connectivity index (χ1n) is 5.57. The van der Waals surface area contributed by atoms with Gasteiger partial charge in [0.1, 0.15) is 0 Å². The summed E-state index contributed by atoms with van der Waals surface area (Å²) in [6, 6.07) is 0.104. The molecule has 5 nitrogen and oxygen atoms in total. The van der Waals surface area contributed by atoms with Crippen LogP contribution < -0.4 is 5.32 Å². The third kappa shape index (κ3) is 2.41. The van der Waals surface area contributed by atoms with E-state index in [2.05, 4.69) is 5.32 Å². The summed E-state index contributed by atoms with van der Waals surface area (Å²) in [5.41, 5.74) is 0. The van der Waals surface area contributed by atoms with Gasteiger partial charge < -0.3 is 20.1 Å². The van der Waals surface area contributed by atoms with Gasteiger partial charge in [-0.2, -0.15) is 0 Å². The van der Waals surface area contributed by atoms with Gasteiger partial charge in [0.2, 0.25) is 0 Å². The highest BCUT2D eigenvalue weighted by Crippen LogP contribution is 2.17. The molecular weight excluding hydrogens is 196 g/mol. The second kappa shape index (κ2) is 4.81. The smallest absolute Gasteiger partial charge is 0.318 e. The first kappa shape index (κ1) is 10.7. The lowest BCUT2D eigenvalue weighted by Crippen LogP contribution is -2.48. The molecule has 0 aromatic carbocycles. The zero-order chi connectivity index (χ0) is 10.7. The fourth-order valence-electron chi connectivity index (χ4n) is 2.20. The Morgan fingerprint density at radius 1 is 1.53 bits per heavy atom. The van der Waals surface area contributed by atoms with Crippen LogP contribution in [0, 0.1) is 0 Å². The van der Waals surface area contributed by atoms with Gasteiger partial charge in [-0.15, -0.1) is 0 Å². The summed E-state index contributed by atoms with van der Waals surface area (Å²) in [4.78, 5) is 13.6. The minimum atomic E-state index is -0.0537. The van der Waals surface area contributed by atoms with Gasteiger partial charge in [0.15, 0.2) is 0 Å². The molecule has 2 amide bonds. The van der Waals surface area contributed by atoms with Crippen molar-refractivity contribution in [1.82, 2.24) is 10.2 Å². The number of amides is 2. The Morgan fingerprint density at radius 2 is 2.40 bits per heavy atom. The number of likely N-dealkylation sites (tertiary alicyclic amines) is 1. The van der Waals surface area contributed by atoms with Gasteiger partial charge in [-0.25, -0.2) is 4.79 Å². The molecule has 2 heterocycles. The van der Waals surface area contributed by atoms with E-state index in [1.54, 1.807) is 4.90 Å². The van der Waals surface area contributed by atoms with E-state index in [-0.39, 0.29) is 24.7 Å². The Bertz CT molecular complexity index is 229. The lowest BCUT2D eigenvalue weighted by atomic mass is 10.2. The third-order valence-corrected chi connectivity index (χ3v) is 3.11. The van der Waals surface area contributed by atoms with Crippen molar-refractivity contribution in [2.75, 3.05) is 26.4 Å². The summed E-state index contributed by atoms with van der Waals surface area (Å²) in [5, 5.41) is 12.0. The molecule has 2 aliphatic heterocycles. The number of hydrogen-bond acceptors (Lipinski definition) is 3. The number of nitrogens with one attached hydrogen (secondary N) is 1. The molecule has 0 aromatic heterocycles. The van der Waals surface area contributed by atoms with Crippen LogP contribution in [0.25, 0.3) is 0 Å². The number of hydrogen-bond donors (Lipinski definition) is 2. The fourth-order valence-corrected chi connectivity index (χ4v) is 2.20. The van der Waals surface area contributed by atoms with Crippen LogP contribution in [0.3, 0.4) is 0 Å². The van der Waals surface area contributed by atoms with Gasteiger partial charge in [0, 0.05) is 13.2 Å². The normalized spacial score (nSPS) is 30.9. The summed E-state index contributed by atoms with van der Waals surface area (Å²) in [6.07, 6.45) is 2.79. The minimum Gasteiger partial charge on any atom is -0.394 e. The predicted octanol–water partition coefficient (Wildman–Crippen LogP) is -0.0584. The first-order valence-corrected chi connectivity index (χ1v) is 5.57. The van der Waals surface area contributed by atoms with Gasteiger partial charge in [-0.05, 0) is 19.3 Å². The molecular formula is C10H18N2O3. The van der Waals surface area contributed by atoms with Crippen LogP contribution in [0.5, 0.6) is 0 Å². The molecule has 0 spiro atoms. The van der Waals surface area contributed by atoms with Crippen LogP contribution in [0.1, 0.15) is 19.3 Å². The number of aliphatic hydroxyl groups excluding tert-OH is 1. The molecule has 0 saturated carbocycles. The van der Waals surface area contributed by atoms with Crippen molar-refractivity contribution in [3.05, 3.63) is 0 Å². The molecule has 1 unspecified atom stereocenters. The Hall–Kier alpha value is -0.810. The second-order valence-electron chi connectivity index (χ2n) is 4.18. The van der Waals surface area contributed by atoms with E-state index < -0.39 is 0 Å². The van der Waals surface area contributed by atoms with E-state index in [9.17, 15) is 4.79 Å². The molecule has 5 heteroatoms. The maximum atomic E-state index is 11.8. The minimum absolute atomic E-state index is 0.00678. The third-order valence-electron chi connectivity index (χ3n) is 3.11. The van der Waals surface area contributed by atoms with Crippen molar-refractivity contribution >= 4 is 6.03 Å². The number of ether oxygens (including phenoxy) is 1. The monoisotopic (exact) mass is 214 g/mol. The molecule has 86 valence electrons. The molecule has 15 heavy (non-hydrogen) atoms. The number of rotatable bonds is 2. The summed E-state index contributed by atoms with van der Waals surface area (Å²) >= 11 is 0. The van der Waals surface area contributed by atoms with Gasteiger partial charge in [-0.1, -0.05) is 0 Å². The molecule has 2 saturated heterocycles. The summed E-state index contributed by atoms with van der Waals surface area (Å²) < 4.78 is 5.19. The Kier molecular flexibility index (Phi) is 3.43. The SMILES string of the molecule is O=C(NC1CCOC1)N1CCC[C@@H]1CO. The Balaban J connectivity index is 1.83. The number of aliphatic hydroxyl groups is 1. The first-order chi connectivity index (χ1) is 7.31. The van der Waals surface area contributed by atoms with E-state index in [4.69, 9.17) is 9.84 Å². The van der Waals surface area contributed by atoms with E-state index >= 15 is 0 Å². The van der Waals surface area contributed by atoms with Crippen molar-refractivity contribution in [3.63, 3.8) is 0 Å². The zero-order valence-electron chi connectivity index (χ0n) is 8.82. The average molecular weight is 214 g/mol. The summed E-state index contributed by atoms with van der Waals surface area (Å²) in [5.74, 6) is 0. The van der Waals surface area contributed by atoms with E-state index in [0.717, 1.165) is 32.4 Å². The summed E-state index contributed by atoms with van der Waals surface area (Å²) in [7, 11) is 0. The number of nitrogens with zero attached hydrogens (tertiary/aromatic N) is 1. The topological polar surface area (TPSA) is 61.8 Å². The van der Waals surface area contributed by atoms with Crippen molar-refractivity contribution < 1.29 is 14.6 Å². The summed E-state index contributed by atoms with van der Waals surface area (Å²) in [6.45, 7) is 2.16. The van der Waals surface area contributed by atoms with Crippen molar-refractivity contribution in [2.45, 2.75) is 31.3 Å². The van der Waals surface area contributed by atoms with Gasteiger partial charge >= 0.3 is 6.03 Å². The maximum absolute atomic E-state index is 11.8. The fraction of sp³-hybridized carbons (Fsp3) is 0.900. The van der Waals surface area contributed by atoms with Crippen LogP contribution in [0.4, 0.5) is 4.79 Å². The lowest BCUT2D eigenvalue weighted by molar-refractivity contribution is 0.151. The maximum Gasteiger partial charge on any atom is 0.318 e. The van der Waals surface area contributed by atoms with Gasteiger partial charge in [0.05, 0.1) is 25.3 Å². The number of urea groups is 1. The van der Waals surface area contributed by atoms with Gasteiger partial charge in [0.25, 0.3) is 0 Å². The van der Waals surface area contributed by atoms with Crippen molar-refractivity contribution in [1.29, 1.82) is 0 Å². The standard InChI is InChI=1S/C10H18N2O3/c13-6-9-2-1-4-12(9)10(14)11-8-3-5-15-7-8/h8-9,13H,1-7H2,(H,11,14)/t8?,9-/m1/s1.